The number of hydrogen-bond acceptors (Lipinski definition) is 6. The zero-order chi connectivity index (χ0) is 17.5. The molecule has 3 rings (SSSR count). The molecule has 25 heavy (non-hydrogen) atoms. The van der Waals surface area contributed by atoms with Gasteiger partial charge in [-0.15, -0.1) is 10.2 Å². The lowest BCUT2D eigenvalue weighted by molar-refractivity contribution is -0.118. The number of halogens is 1. The Morgan fingerprint density at radius 3 is 2.64 bits per heavy atom. The molecular formula is C17H15FN4OS2. The molecule has 2 N–H and O–H groups in total. The lowest BCUT2D eigenvalue weighted by atomic mass is 10.2. The number of amides is 1. The van der Waals surface area contributed by atoms with Crippen LogP contribution in [0, 0.1) is 5.82 Å². The minimum atomic E-state index is -0.354. The van der Waals surface area contributed by atoms with E-state index in [1.807, 2.05) is 30.3 Å². The van der Waals surface area contributed by atoms with Crippen LogP contribution in [0.25, 0.3) is 0 Å². The molecule has 5 nitrogen and oxygen atoms in total. The van der Waals surface area contributed by atoms with Gasteiger partial charge in [0, 0.05) is 6.54 Å². The van der Waals surface area contributed by atoms with Gasteiger partial charge in [-0.05, 0) is 17.7 Å². The van der Waals surface area contributed by atoms with E-state index in [0.29, 0.717) is 21.7 Å². The first kappa shape index (κ1) is 17.4. The third-order valence-corrected chi connectivity index (χ3v) is 5.15. The van der Waals surface area contributed by atoms with Crippen LogP contribution >= 0.6 is 23.1 Å². The van der Waals surface area contributed by atoms with E-state index in [9.17, 15) is 9.18 Å². The molecule has 0 saturated heterocycles. The van der Waals surface area contributed by atoms with E-state index in [2.05, 4.69) is 20.8 Å². The maximum Gasteiger partial charge on any atom is 0.230 e. The van der Waals surface area contributed by atoms with Gasteiger partial charge in [-0.25, -0.2) is 4.39 Å². The van der Waals surface area contributed by atoms with Crippen molar-refractivity contribution in [3.05, 3.63) is 66.0 Å². The second-order valence-electron chi connectivity index (χ2n) is 5.03. The van der Waals surface area contributed by atoms with Crippen molar-refractivity contribution in [3.8, 4) is 0 Å². The highest BCUT2D eigenvalue weighted by atomic mass is 32.2. The minimum Gasteiger partial charge on any atom is -0.351 e. The summed E-state index contributed by atoms with van der Waals surface area (Å²) in [5, 5.41) is 14.2. The Bertz CT molecular complexity index is 841. The molecule has 0 radical (unpaired) electrons. The third-order valence-electron chi connectivity index (χ3n) is 3.18. The zero-order valence-electron chi connectivity index (χ0n) is 13.1. The fourth-order valence-electron chi connectivity index (χ4n) is 1.97. The molecule has 0 spiro atoms. The normalized spacial score (nSPS) is 10.4. The standard InChI is InChI=1S/C17H15FN4OS2/c18-13-8-4-5-9-14(13)20-16-21-22-17(25-16)24-11-15(23)19-10-12-6-2-1-3-7-12/h1-9H,10-11H2,(H,19,23)(H,20,21). The van der Waals surface area contributed by atoms with Gasteiger partial charge < -0.3 is 10.6 Å². The number of carbonyl (C=O) groups excluding carboxylic acids is 1. The largest absolute Gasteiger partial charge is 0.351 e. The molecule has 0 aliphatic heterocycles. The molecule has 3 aromatic rings. The summed E-state index contributed by atoms with van der Waals surface area (Å²) in [6, 6.07) is 16.1. The van der Waals surface area contributed by atoms with Crippen LogP contribution in [0.4, 0.5) is 15.2 Å². The fourth-order valence-corrected chi connectivity index (χ4v) is 3.57. The van der Waals surface area contributed by atoms with E-state index in [1.54, 1.807) is 18.2 Å². The second-order valence-corrected chi connectivity index (χ2v) is 7.23. The summed E-state index contributed by atoms with van der Waals surface area (Å²) < 4.78 is 14.2. The zero-order valence-corrected chi connectivity index (χ0v) is 14.7. The molecule has 1 amide bonds. The number of rotatable bonds is 7. The van der Waals surface area contributed by atoms with Crippen LogP contribution in [0.3, 0.4) is 0 Å². The number of nitrogens with zero attached hydrogens (tertiary/aromatic N) is 2. The maximum absolute atomic E-state index is 13.6. The SMILES string of the molecule is O=C(CSc1nnc(Nc2ccccc2F)s1)NCc1ccccc1. The number of aromatic nitrogens is 2. The highest BCUT2D eigenvalue weighted by Crippen LogP contribution is 2.28. The number of para-hydroxylation sites is 1. The van der Waals surface area contributed by atoms with Crippen molar-refractivity contribution in [2.45, 2.75) is 10.9 Å². The highest BCUT2D eigenvalue weighted by molar-refractivity contribution is 8.01. The van der Waals surface area contributed by atoms with Crippen molar-refractivity contribution in [2.24, 2.45) is 0 Å². The van der Waals surface area contributed by atoms with Crippen molar-refractivity contribution in [2.75, 3.05) is 11.1 Å². The van der Waals surface area contributed by atoms with Crippen LogP contribution in [0.1, 0.15) is 5.56 Å². The summed E-state index contributed by atoms with van der Waals surface area (Å²) in [6.45, 7) is 0.496. The van der Waals surface area contributed by atoms with Crippen molar-refractivity contribution >= 4 is 39.8 Å². The van der Waals surface area contributed by atoms with E-state index in [0.717, 1.165) is 5.56 Å². The van der Waals surface area contributed by atoms with E-state index in [-0.39, 0.29) is 17.5 Å². The van der Waals surface area contributed by atoms with Crippen LogP contribution in [-0.4, -0.2) is 21.9 Å². The van der Waals surface area contributed by atoms with Crippen molar-refractivity contribution < 1.29 is 9.18 Å². The molecule has 2 aromatic carbocycles. The molecule has 0 atom stereocenters. The van der Waals surface area contributed by atoms with Gasteiger partial charge in [-0.2, -0.15) is 0 Å². The minimum absolute atomic E-state index is 0.0762. The predicted molar refractivity (Wildman–Crippen MR) is 98.6 cm³/mol. The molecule has 1 heterocycles. The number of nitrogens with one attached hydrogen (secondary N) is 2. The molecule has 0 unspecified atom stereocenters. The lowest BCUT2D eigenvalue weighted by Gasteiger charge is -2.04. The molecule has 0 aliphatic carbocycles. The number of hydrogen-bond donors (Lipinski definition) is 2. The van der Waals surface area contributed by atoms with Crippen molar-refractivity contribution in [3.63, 3.8) is 0 Å². The Kier molecular flexibility index (Phi) is 5.97. The summed E-state index contributed by atoms with van der Waals surface area (Å²) in [5.74, 6) is -0.180. The third kappa shape index (κ3) is 5.27. The quantitative estimate of drug-likeness (QED) is 0.615. The molecule has 1 aromatic heterocycles. The number of anilines is 2. The van der Waals surface area contributed by atoms with Crippen LogP contribution in [-0.2, 0) is 11.3 Å². The van der Waals surface area contributed by atoms with Crippen LogP contribution in [0.15, 0.2) is 58.9 Å². The Labute approximate surface area is 152 Å². The molecule has 0 saturated carbocycles. The van der Waals surface area contributed by atoms with Crippen LogP contribution < -0.4 is 10.6 Å². The van der Waals surface area contributed by atoms with E-state index in [4.69, 9.17) is 0 Å². The summed E-state index contributed by atoms with van der Waals surface area (Å²) in [7, 11) is 0. The van der Waals surface area contributed by atoms with Gasteiger partial charge in [0.2, 0.25) is 11.0 Å². The molecule has 0 bridgehead atoms. The van der Waals surface area contributed by atoms with Gasteiger partial charge in [0.1, 0.15) is 5.82 Å². The smallest absolute Gasteiger partial charge is 0.230 e. The van der Waals surface area contributed by atoms with Crippen molar-refractivity contribution in [1.82, 2.24) is 15.5 Å². The Morgan fingerprint density at radius 1 is 1.08 bits per heavy atom. The number of thioether (sulfide) groups is 1. The van der Waals surface area contributed by atoms with Gasteiger partial charge >= 0.3 is 0 Å². The first-order chi connectivity index (χ1) is 12.2. The van der Waals surface area contributed by atoms with E-state index >= 15 is 0 Å². The van der Waals surface area contributed by atoms with Gasteiger partial charge in [-0.3, -0.25) is 4.79 Å². The summed E-state index contributed by atoms with van der Waals surface area (Å²) in [5.41, 5.74) is 1.39. The number of benzene rings is 2. The molecule has 0 aliphatic rings. The monoisotopic (exact) mass is 374 g/mol. The lowest BCUT2D eigenvalue weighted by Crippen LogP contribution is -2.24. The van der Waals surface area contributed by atoms with Gasteiger partial charge in [0.15, 0.2) is 4.34 Å². The summed E-state index contributed by atoms with van der Waals surface area (Å²) in [4.78, 5) is 11.9. The predicted octanol–water partition coefficient (Wildman–Crippen LogP) is 3.83. The highest BCUT2D eigenvalue weighted by Gasteiger charge is 2.09. The Morgan fingerprint density at radius 2 is 1.84 bits per heavy atom. The first-order valence-corrected chi connectivity index (χ1v) is 9.29. The molecule has 0 fully saturated rings. The van der Waals surface area contributed by atoms with E-state index in [1.165, 1.54) is 29.2 Å². The van der Waals surface area contributed by atoms with E-state index < -0.39 is 0 Å². The van der Waals surface area contributed by atoms with Gasteiger partial charge in [-0.1, -0.05) is 65.6 Å². The fraction of sp³-hybridized carbons (Fsp3) is 0.118. The Balaban J connectivity index is 1.47. The van der Waals surface area contributed by atoms with Gasteiger partial charge in [0.25, 0.3) is 0 Å². The Hall–Kier alpha value is -2.45. The second kappa shape index (κ2) is 8.59. The number of carbonyl (C=O) groups is 1. The molecular weight excluding hydrogens is 359 g/mol. The molecule has 8 heteroatoms. The van der Waals surface area contributed by atoms with Gasteiger partial charge in [0.05, 0.1) is 11.4 Å². The molecule has 128 valence electrons. The average molecular weight is 374 g/mol. The van der Waals surface area contributed by atoms with Crippen LogP contribution in [0.2, 0.25) is 0 Å². The summed E-state index contributed by atoms with van der Waals surface area (Å²) >= 11 is 2.57. The average Bonchev–Trinajstić information content (AvgIpc) is 3.08. The summed E-state index contributed by atoms with van der Waals surface area (Å²) in [6.07, 6.45) is 0. The maximum atomic E-state index is 13.6. The van der Waals surface area contributed by atoms with Crippen molar-refractivity contribution in [1.29, 1.82) is 0 Å². The first-order valence-electron chi connectivity index (χ1n) is 7.49. The van der Waals surface area contributed by atoms with Crippen LogP contribution in [0.5, 0.6) is 0 Å². The topological polar surface area (TPSA) is 66.9 Å².